The van der Waals surface area contributed by atoms with E-state index in [0.717, 1.165) is 6.20 Å². The predicted octanol–water partition coefficient (Wildman–Crippen LogP) is 1.74. The monoisotopic (exact) mass is 287 g/mol. The van der Waals surface area contributed by atoms with Gasteiger partial charge < -0.3 is 10.1 Å². The minimum Gasteiger partial charge on any atom is -0.481 e. The molecule has 7 nitrogen and oxygen atoms in total. The Morgan fingerprint density at radius 3 is 3.05 bits per heavy atom. The number of methoxy groups -OCH3 is 1. The first-order chi connectivity index (χ1) is 10.2. The first-order valence-electron chi connectivity index (χ1n) is 5.98. The number of ether oxygens (including phenoxy) is 1. The van der Waals surface area contributed by atoms with Crippen LogP contribution in [-0.2, 0) is 4.79 Å². The van der Waals surface area contributed by atoms with Crippen molar-refractivity contribution in [2.75, 3.05) is 12.4 Å². The smallest absolute Gasteiger partial charge is 0.222 e. The van der Waals surface area contributed by atoms with Crippen LogP contribution in [0.4, 0.5) is 10.2 Å². The van der Waals surface area contributed by atoms with Crippen LogP contribution in [0.5, 0.6) is 5.88 Å². The highest BCUT2D eigenvalue weighted by Gasteiger charge is 2.15. The second-order valence-electron chi connectivity index (χ2n) is 4.14. The lowest BCUT2D eigenvalue weighted by molar-refractivity contribution is -0.105. The lowest BCUT2D eigenvalue weighted by Crippen LogP contribution is -1.96. The highest BCUT2D eigenvalue weighted by Crippen LogP contribution is 2.32. The summed E-state index contributed by atoms with van der Waals surface area (Å²) in [6.07, 6.45) is 1.60. The zero-order valence-corrected chi connectivity index (χ0v) is 10.9. The molecule has 0 aromatic carbocycles. The summed E-state index contributed by atoms with van der Waals surface area (Å²) in [4.78, 5) is 18.4. The zero-order chi connectivity index (χ0) is 14.8. The lowest BCUT2D eigenvalue weighted by atomic mass is 10.1. The summed E-state index contributed by atoms with van der Waals surface area (Å²) >= 11 is 0. The molecule has 106 valence electrons. The van der Waals surface area contributed by atoms with E-state index in [1.165, 1.54) is 13.2 Å². The van der Waals surface area contributed by atoms with Crippen LogP contribution >= 0.6 is 0 Å². The summed E-state index contributed by atoms with van der Waals surface area (Å²) in [7, 11) is 1.45. The van der Waals surface area contributed by atoms with Crippen LogP contribution in [0, 0.1) is 5.82 Å². The van der Waals surface area contributed by atoms with Crippen molar-refractivity contribution >= 4 is 23.3 Å². The van der Waals surface area contributed by atoms with E-state index in [-0.39, 0.29) is 5.88 Å². The van der Waals surface area contributed by atoms with Crippen LogP contribution in [-0.4, -0.2) is 33.7 Å². The zero-order valence-electron chi connectivity index (χ0n) is 10.9. The van der Waals surface area contributed by atoms with Crippen LogP contribution in [0.2, 0.25) is 0 Å². The number of aromatic nitrogens is 4. The van der Waals surface area contributed by atoms with E-state index in [1.54, 1.807) is 12.1 Å². The van der Waals surface area contributed by atoms with Crippen molar-refractivity contribution in [3.63, 3.8) is 0 Å². The van der Waals surface area contributed by atoms with Gasteiger partial charge in [-0.25, -0.2) is 14.4 Å². The lowest BCUT2D eigenvalue weighted by Gasteiger charge is -2.05. The van der Waals surface area contributed by atoms with Crippen molar-refractivity contribution in [1.82, 2.24) is 20.2 Å². The Hall–Kier alpha value is -3.03. The molecule has 3 heterocycles. The number of carbonyl (C=O) groups excluding carboxylic acids is 1. The quantitative estimate of drug-likeness (QED) is 0.713. The molecule has 0 fully saturated rings. The fourth-order valence-corrected chi connectivity index (χ4v) is 2.01. The molecular formula is C13H10FN5O2. The molecule has 0 unspecified atom stereocenters. The summed E-state index contributed by atoms with van der Waals surface area (Å²) in [5.74, 6) is 0.165. The molecule has 3 aromatic rings. The topological polar surface area (TPSA) is 92.8 Å². The number of hydrogen-bond acceptors (Lipinski definition) is 5. The van der Waals surface area contributed by atoms with Gasteiger partial charge in [-0.05, 0) is 18.2 Å². The van der Waals surface area contributed by atoms with E-state index in [2.05, 4.69) is 25.5 Å². The van der Waals surface area contributed by atoms with Gasteiger partial charge in [-0.3, -0.25) is 9.89 Å². The number of hydrogen-bond donors (Lipinski definition) is 2. The molecule has 0 atom stereocenters. The molecule has 8 heteroatoms. The van der Waals surface area contributed by atoms with Crippen molar-refractivity contribution in [1.29, 1.82) is 0 Å². The molecule has 0 aliphatic heterocycles. The van der Waals surface area contributed by atoms with Gasteiger partial charge in [0.2, 0.25) is 12.3 Å². The van der Waals surface area contributed by atoms with E-state index in [1.807, 2.05) is 0 Å². The summed E-state index contributed by atoms with van der Waals surface area (Å²) in [5, 5.41) is 9.93. The highest BCUT2D eigenvalue weighted by molar-refractivity contribution is 5.93. The number of H-pyrrole nitrogens is 1. The third-order valence-electron chi connectivity index (χ3n) is 2.91. The average molecular weight is 287 g/mol. The van der Waals surface area contributed by atoms with Crippen LogP contribution in [0.3, 0.4) is 0 Å². The number of amides is 1. The first-order valence-corrected chi connectivity index (χ1v) is 5.98. The minimum atomic E-state index is -0.485. The summed E-state index contributed by atoms with van der Waals surface area (Å²) in [6.45, 7) is 0. The molecule has 3 rings (SSSR count). The van der Waals surface area contributed by atoms with Crippen molar-refractivity contribution in [2.45, 2.75) is 0 Å². The van der Waals surface area contributed by atoms with Gasteiger partial charge in [0, 0.05) is 5.39 Å². The standard InChI is InChI=1S/C13H10FN5O2/c1-21-13-9(4-7(14)5-15-13)11-8-2-3-10(16-6-20)17-12(8)19-18-11/h2-6H,1H3,(H2,16,17,18,19,20). The van der Waals surface area contributed by atoms with E-state index < -0.39 is 5.82 Å². The van der Waals surface area contributed by atoms with Gasteiger partial charge in [0.25, 0.3) is 0 Å². The fraction of sp³-hybridized carbons (Fsp3) is 0.0769. The molecule has 0 saturated heterocycles. The van der Waals surface area contributed by atoms with Gasteiger partial charge in [0.1, 0.15) is 11.6 Å². The number of rotatable bonds is 4. The Kier molecular flexibility index (Phi) is 3.19. The number of aromatic amines is 1. The predicted molar refractivity (Wildman–Crippen MR) is 73.3 cm³/mol. The summed E-state index contributed by atoms with van der Waals surface area (Å²) in [6, 6.07) is 4.64. The van der Waals surface area contributed by atoms with Crippen molar-refractivity contribution in [2.24, 2.45) is 0 Å². The minimum absolute atomic E-state index is 0.275. The fourth-order valence-electron chi connectivity index (χ4n) is 2.01. The maximum absolute atomic E-state index is 13.4. The Morgan fingerprint density at radius 2 is 2.29 bits per heavy atom. The molecule has 0 spiro atoms. The molecule has 1 amide bonds. The Morgan fingerprint density at radius 1 is 1.43 bits per heavy atom. The van der Waals surface area contributed by atoms with Crippen molar-refractivity contribution in [3.8, 4) is 17.1 Å². The van der Waals surface area contributed by atoms with Crippen molar-refractivity contribution in [3.05, 3.63) is 30.2 Å². The SMILES string of the molecule is COc1ncc(F)cc1-c1[nH]nc2nc(NC=O)ccc12. The molecule has 0 aliphatic rings. The molecule has 0 radical (unpaired) electrons. The van der Waals surface area contributed by atoms with Gasteiger partial charge in [0.05, 0.1) is 24.6 Å². The number of pyridine rings is 2. The van der Waals surface area contributed by atoms with Crippen molar-refractivity contribution < 1.29 is 13.9 Å². The molecule has 3 aromatic heterocycles. The van der Waals surface area contributed by atoms with Crippen LogP contribution in [0.25, 0.3) is 22.3 Å². The second kappa shape index (κ2) is 5.16. The van der Waals surface area contributed by atoms with Gasteiger partial charge in [0.15, 0.2) is 5.65 Å². The van der Waals surface area contributed by atoms with Crippen LogP contribution in [0.15, 0.2) is 24.4 Å². The van der Waals surface area contributed by atoms with E-state index in [9.17, 15) is 9.18 Å². The van der Waals surface area contributed by atoms with Gasteiger partial charge in [-0.15, -0.1) is 0 Å². The van der Waals surface area contributed by atoms with E-state index in [4.69, 9.17) is 4.74 Å². The number of carbonyl (C=O) groups is 1. The highest BCUT2D eigenvalue weighted by atomic mass is 19.1. The number of halogens is 1. The summed E-state index contributed by atoms with van der Waals surface area (Å²) < 4.78 is 18.6. The molecule has 0 bridgehead atoms. The first kappa shape index (κ1) is 13.0. The Bertz CT molecular complexity index is 817. The number of nitrogens with zero attached hydrogens (tertiary/aromatic N) is 3. The molecule has 2 N–H and O–H groups in total. The van der Waals surface area contributed by atoms with E-state index in [0.29, 0.717) is 34.5 Å². The maximum Gasteiger partial charge on any atom is 0.222 e. The number of fused-ring (bicyclic) bond motifs is 1. The normalized spacial score (nSPS) is 10.6. The molecule has 21 heavy (non-hydrogen) atoms. The number of anilines is 1. The Labute approximate surface area is 118 Å². The van der Waals surface area contributed by atoms with Gasteiger partial charge >= 0.3 is 0 Å². The summed E-state index contributed by atoms with van der Waals surface area (Å²) in [5.41, 5.74) is 1.38. The van der Waals surface area contributed by atoms with E-state index >= 15 is 0 Å². The largest absolute Gasteiger partial charge is 0.481 e. The number of nitrogens with one attached hydrogen (secondary N) is 2. The third kappa shape index (κ3) is 2.27. The molecule has 0 aliphatic carbocycles. The third-order valence-corrected chi connectivity index (χ3v) is 2.91. The average Bonchev–Trinajstić information content (AvgIpc) is 2.90. The molecule has 0 saturated carbocycles. The second-order valence-corrected chi connectivity index (χ2v) is 4.14. The van der Waals surface area contributed by atoms with Gasteiger partial charge in [-0.1, -0.05) is 0 Å². The molecular weight excluding hydrogens is 277 g/mol. The van der Waals surface area contributed by atoms with Gasteiger partial charge in [-0.2, -0.15) is 5.10 Å². The Balaban J connectivity index is 2.17. The maximum atomic E-state index is 13.4. The van der Waals surface area contributed by atoms with Crippen LogP contribution < -0.4 is 10.1 Å². The van der Waals surface area contributed by atoms with Crippen LogP contribution in [0.1, 0.15) is 0 Å².